The Balaban J connectivity index is 1.31. The molecule has 0 unspecified atom stereocenters. The Morgan fingerprint density at radius 1 is 1.14 bits per heavy atom. The fourth-order valence-corrected chi connectivity index (χ4v) is 4.41. The molecule has 0 saturated carbocycles. The SMILES string of the molecule is O=C(Nc1nnc(-c2ccccc2)s1)C1CCN(Cc2c(F)cccc2Cl)CC1. The summed E-state index contributed by atoms with van der Waals surface area (Å²) in [5.74, 6) is -0.418. The van der Waals surface area contributed by atoms with Gasteiger partial charge in [-0.2, -0.15) is 0 Å². The molecule has 1 aromatic heterocycles. The van der Waals surface area contributed by atoms with E-state index >= 15 is 0 Å². The van der Waals surface area contributed by atoms with Crippen molar-refractivity contribution in [2.24, 2.45) is 5.92 Å². The molecule has 0 radical (unpaired) electrons. The molecule has 3 aromatic rings. The summed E-state index contributed by atoms with van der Waals surface area (Å²) in [7, 11) is 0. The van der Waals surface area contributed by atoms with Crippen LogP contribution in [-0.4, -0.2) is 34.1 Å². The standard InChI is InChI=1S/C21H20ClFN4OS/c22-17-7-4-8-18(23)16(17)13-27-11-9-14(10-12-27)19(28)24-21-26-25-20(29-21)15-5-2-1-3-6-15/h1-8,14H,9-13H2,(H,24,26,28). The second kappa shape index (κ2) is 8.98. The third-order valence-electron chi connectivity index (χ3n) is 5.08. The Morgan fingerprint density at radius 3 is 2.62 bits per heavy atom. The summed E-state index contributed by atoms with van der Waals surface area (Å²) in [6.45, 7) is 1.89. The zero-order valence-electron chi connectivity index (χ0n) is 15.6. The van der Waals surface area contributed by atoms with Crippen molar-refractivity contribution in [3.63, 3.8) is 0 Å². The summed E-state index contributed by atoms with van der Waals surface area (Å²) < 4.78 is 14.0. The number of anilines is 1. The van der Waals surface area contributed by atoms with Gasteiger partial charge < -0.3 is 5.32 Å². The molecule has 29 heavy (non-hydrogen) atoms. The van der Waals surface area contributed by atoms with Crippen molar-refractivity contribution in [3.05, 3.63) is 64.9 Å². The summed E-state index contributed by atoms with van der Waals surface area (Å²) in [4.78, 5) is 14.7. The number of benzene rings is 2. The average Bonchev–Trinajstić information content (AvgIpc) is 3.20. The maximum absolute atomic E-state index is 14.0. The lowest BCUT2D eigenvalue weighted by atomic mass is 9.95. The molecule has 0 atom stereocenters. The monoisotopic (exact) mass is 430 g/mol. The molecule has 150 valence electrons. The molecule has 5 nitrogen and oxygen atoms in total. The number of piperidine rings is 1. The zero-order chi connectivity index (χ0) is 20.2. The lowest BCUT2D eigenvalue weighted by Gasteiger charge is -2.31. The van der Waals surface area contributed by atoms with E-state index in [2.05, 4.69) is 20.4 Å². The predicted molar refractivity (Wildman–Crippen MR) is 113 cm³/mol. The van der Waals surface area contributed by atoms with E-state index in [9.17, 15) is 9.18 Å². The molecule has 0 bridgehead atoms. The minimum atomic E-state index is -0.289. The number of halogens is 2. The second-order valence-corrected chi connectivity index (χ2v) is 8.40. The van der Waals surface area contributed by atoms with Crippen LogP contribution < -0.4 is 5.32 Å². The molecule has 1 saturated heterocycles. The van der Waals surface area contributed by atoms with Gasteiger partial charge in [-0.05, 0) is 38.1 Å². The number of carbonyl (C=O) groups excluding carboxylic acids is 1. The van der Waals surface area contributed by atoms with Gasteiger partial charge in [0.25, 0.3) is 0 Å². The van der Waals surface area contributed by atoms with Crippen LogP contribution in [0.4, 0.5) is 9.52 Å². The number of rotatable bonds is 5. The number of likely N-dealkylation sites (tertiary alicyclic amines) is 1. The highest BCUT2D eigenvalue weighted by molar-refractivity contribution is 7.18. The number of nitrogens with one attached hydrogen (secondary N) is 1. The van der Waals surface area contributed by atoms with E-state index in [1.807, 2.05) is 30.3 Å². The Hall–Kier alpha value is -2.35. The average molecular weight is 431 g/mol. The quantitative estimate of drug-likeness (QED) is 0.628. The lowest BCUT2D eigenvalue weighted by Crippen LogP contribution is -2.38. The van der Waals surface area contributed by atoms with Gasteiger partial charge in [0.2, 0.25) is 11.0 Å². The van der Waals surface area contributed by atoms with Crippen LogP contribution in [0.5, 0.6) is 0 Å². The van der Waals surface area contributed by atoms with Gasteiger partial charge in [0.1, 0.15) is 10.8 Å². The molecule has 0 aliphatic carbocycles. The van der Waals surface area contributed by atoms with Gasteiger partial charge in [0.05, 0.1) is 0 Å². The van der Waals surface area contributed by atoms with Crippen LogP contribution in [0.1, 0.15) is 18.4 Å². The fourth-order valence-electron chi connectivity index (χ4n) is 3.44. The first-order chi connectivity index (χ1) is 14.1. The number of amides is 1. The third-order valence-corrected chi connectivity index (χ3v) is 6.32. The van der Waals surface area contributed by atoms with Gasteiger partial charge in [-0.15, -0.1) is 10.2 Å². The molecule has 1 amide bonds. The van der Waals surface area contributed by atoms with E-state index in [1.54, 1.807) is 12.1 Å². The van der Waals surface area contributed by atoms with E-state index in [0.717, 1.165) is 10.6 Å². The first-order valence-electron chi connectivity index (χ1n) is 9.45. The molecule has 1 N–H and O–H groups in total. The molecule has 2 heterocycles. The first-order valence-corrected chi connectivity index (χ1v) is 10.6. The maximum atomic E-state index is 14.0. The van der Waals surface area contributed by atoms with Crippen LogP contribution in [-0.2, 0) is 11.3 Å². The van der Waals surface area contributed by atoms with E-state index in [-0.39, 0.29) is 17.6 Å². The Labute approximate surface area is 177 Å². The lowest BCUT2D eigenvalue weighted by molar-refractivity contribution is -0.121. The van der Waals surface area contributed by atoms with Crippen LogP contribution in [0.25, 0.3) is 10.6 Å². The van der Waals surface area contributed by atoms with Gasteiger partial charge >= 0.3 is 0 Å². The highest BCUT2D eigenvalue weighted by atomic mass is 35.5. The maximum Gasteiger partial charge on any atom is 0.229 e. The molecular formula is C21H20ClFN4OS. The van der Waals surface area contributed by atoms with Crippen LogP contribution >= 0.6 is 22.9 Å². The van der Waals surface area contributed by atoms with Crippen molar-refractivity contribution in [2.75, 3.05) is 18.4 Å². The Bertz CT molecular complexity index is 969. The summed E-state index contributed by atoms with van der Waals surface area (Å²) in [5.41, 5.74) is 1.49. The largest absolute Gasteiger partial charge is 0.300 e. The second-order valence-electron chi connectivity index (χ2n) is 7.02. The fraction of sp³-hybridized carbons (Fsp3) is 0.286. The van der Waals surface area contributed by atoms with Crippen molar-refractivity contribution in [1.82, 2.24) is 15.1 Å². The molecule has 0 spiro atoms. The topological polar surface area (TPSA) is 58.1 Å². The van der Waals surface area contributed by atoms with Crippen molar-refractivity contribution in [3.8, 4) is 10.6 Å². The van der Waals surface area contributed by atoms with E-state index in [0.29, 0.717) is 48.2 Å². The van der Waals surface area contributed by atoms with Crippen molar-refractivity contribution >= 4 is 34.0 Å². The summed E-state index contributed by atoms with van der Waals surface area (Å²) in [6, 6.07) is 14.5. The Kier molecular flexibility index (Phi) is 6.18. The van der Waals surface area contributed by atoms with Gasteiger partial charge in [0.15, 0.2) is 0 Å². The first kappa shape index (κ1) is 19.9. The smallest absolute Gasteiger partial charge is 0.229 e. The van der Waals surface area contributed by atoms with E-state index < -0.39 is 0 Å². The predicted octanol–water partition coefficient (Wildman–Crippen LogP) is 4.85. The normalized spacial score (nSPS) is 15.4. The van der Waals surface area contributed by atoms with Crippen LogP contribution in [0.15, 0.2) is 48.5 Å². The van der Waals surface area contributed by atoms with Crippen LogP contribution in [0, 0.1) is 11.7 Å². The summed E-state index contributed by atoms with van der Waals surface area (Å²) in [5, 5.41) is 12.9. The number of hydrogen-bond donors (Lipinski definition) is 1. The number of nitrogens with zero attached hydrogens (tertiary/aromatic N) is 3. The zero-order valence-corrected chi connectivity index (χ0v) is 17.2. The highest BCUT2D eigenvalue weighted by Gasteiger charge is 2.26. The number of aromatic nitrogens is 2. The molecule has 2 aromatic carbocycles. The minimum Gasteiger partial charge on any atom is -0.300 e. The van der Waals surface area contributed by atoms with Gasteiger partial charge in [0, 0.05) is 28.6 Å². The highest BCUT2D eigenvalue weighted by Crippen LogP contribution is 2.28. The summed E-state index contributed by atoms with van der Waals surface area (Å²) >= 11 is 7.48. The van der Waals surface area contributed by atoms with Gasteiger partial charge in [-0.25, -0.2) is 4.39 Å². The molecule has 8 heteroatoms. The van der Waals surface area contributed by atoms with Crippen molar-refractivity contribution in [1.29, 1.82) is 0 Å². The Morgan fingerprint density at radius 2 is 1.90 bits per heavy atom. The molecule has 4 rings (SSSR count). The molecule has 1 fully saturated rings. The van der Waals surface area contributed by atoms with E-state index in [4.69, 9.17) is 11.6 Å². The van der Waals surface area contributed by atoms with Crippen LogP contribution in [0.3, 0.4) is 0 Å². The van der Waals surface area contributed by atoms with Crippen molar-refractivity contribution < 1.29 is 9.18 Å². The summed E-state index contributed by atoms with van der Waals surface area (Å²) in [6.07, 6.45) is 1.42. The van der Waals surface area contributed by atoms with Crippen molar-refractivity contribution in [2.45, 2.75) is 19.4 Å². The molecule has 1 aliphatic heterocycles. The number of carbonyl (C=O) groups is 1. The molecular weight excluding hydrogens is 411 g/mol. The van der Waals surface area contributed by atoms with Gasteiger partial charge in [-0.1, -0.05) is 59.3 Å². The third kappa shape index (κ3) is 4.80. The van der Waals surface area contributed by atoms with Gasteiger partial charge in [-0.3, -0.25) is 9.69 Å². The number of hydrogen-bond acceptors (Lipinski definition) is 5. The van der Waals surface area contributed by atoms with E-state index in [1.165, 1.54) is 17.4 Å². The van der Waals surface area contributed by atoms with Crippen LogP contribution in [0.2, 0.25) is 5.02 Å². The minimum absolute atomic E-state index is 0.0377. The molecule has 1 aliphatic rings.